The molecule has 108 valence electrons. The number of fused-ring (bicyclic) bond motifs is 1. The number of likely N-dealkylation sites (N-methyl/N-ethyl adjacent to an activating group) is 1. The minimum atomic E-state index is -0.517. The van der Waals surface area contributed by atoms with Crippen LogP contribution in [0.25, 0.3) is 0 Å². The fraction of sp³-hybridized carbons (Fsp3) is 0.692. The number of esters is 1. The molecule has 2 heterocycles. The molecule has 0 N–H and O–H groups in total. The Hall–Kier alpha value is -0.790. The van der Waals surface area contributed by atoms with Crippen molar-refractivity contribution < 1.29 is 14.3 Å². The maximum absolute atomic E-state index is 12.1. The first-order chi connectivity index (χ1) is 8.65. The third-order valence-electron chi connectivity index (χ3n) is 3.55. The van der Waals surface area contributed by atoms with Gasteiger partial charge in [0.25, 0.3) is 5.91 Å². The van der Waals surface area contributed by atoms with Crippen LogP contribution in [-0.4, -0.2) is 48.0 Å². The minimum Gasteiger partial charge on any atom is -0.462 e. The topological polar surface area (TPSA) is 49.9 Å². The summed E-state index contributed by atoms with van der Waals surface area (Å²) in [6, 6.07) is 0. The summed E-state index contributed by atoms with van der Waals surface area (Å²) in [6.45, 7) is 2.92. The molecule has 2 aliphatic rings. The monoisotopic (exact) mass is 380 g/mol. The maximum Gasteiger partial charge on any atom is 0.345 e. The van der Waals surface area contributed by atoms with E-state index in [0.717, 1.165) is 25.8 Å². The number of nitrogens with zero attached hydrogens (tertiary/aromatic N) is 2. The van der Waals surface area contributed by atoms with Crippen LogP contribution in [0, 0.1) is 0 Å². The molecule has 0 radical (unpaired) electrons. The molecule has 1 fully saturated rings. The predicted octanol–water partition coefficient (Wildman–Crippen LogP) is 1.73. The van der Waals surface area contributed by atoms with E-state index < -0.39 is 5.97 Å². The molecule has 1 amide bonds. The molecule has 0 saturated carbocycles. The summed E-state index contributed by atoms with van der Waals surface area (Å²) in [5, 5.41) is 0. The normalized spacial score (nSPS) is 22.9. The van der Waals surface area contributed by atoms with E-state index in [4.69, 9.17) is 4.74 Å². The van der Waals surface area contributed by atoms with Gasteiger partial charge in [-0.05, 0) is 26.2 Å². The fourth-order valence-corrected chi connectivity index (χ4v) is 2.57. The number of amides is 1. The largest absolute Gasteiger partial charge is 0.462 e. The number of ether oxygens (including phenoxy) is 1. The van der Waals surface area contributed by atoms with E-state index in [0.29, 0.717) is 0 Å². The highest BCUT2D eigenvalue weighted by molar-refractivity contribution is 14.0. The Bertz CT molecular complexity index is 384. The quantitative estimate of drug-likeness (QED) is 0.416. The highest BCUT2D eigenvalue weighted by Gasteiger charge is 2.35. The smallest absolute Gasteiger partial charge is 0.345 e. The lowest BCUT2D eigenvalue weighted by molar-refractivity contribution is -0.144. The van der Waals surface area contributed by atoms with Crippen LogP contribution < -0.4 is 0 Å². The first kappa shape index (κ1) is 16.3. The average Bonchev–Trinajstić information content (AvgIpc) is 2.59. The molecule has 0 aromatic rings. The van der Waals surface area contributed by atoms with Gasteiger partial charge in [-0.2, -0.15) is 0 Å². The van der Waals surface area contributed by atoms with Gasteiger partial charge in [-0.3, -0.25) is 4.79 Å². The van der Waals surface area contributed by atoms with Crippen molar-refractivity contribution in [2.45, 2.75) is 38.8 Å². The van der Waals surface area contributed by atoms with Crippen LogP contribution in [0.4, 0.5) is 0 Å². The summed E-state index contributed by atoms with van der Waals surface area (Å²) in [4.78, 5) is 27.7. The zero-order chi connectivity index (χ0) is 13.1. The lowest BCUT2D eigenvalue weighted by Crippen LogP contribution is -2.51. The van der Waals surface area contributed by atoms with E-state index in [2.05, 4.69) is 4.90 Å². The van der Waals surface area contributed by atoms with Gasteiger partial charge in [0.1, 0.15) is 11.7 Å². The number of carbonyl (C=O) groups excluding carboxylic acids is 2. The Morgan fingerprint density at radius 2 is 2.16 bits per heavy atom. The van der Waals surface area contributed by atoms with Gasteiger partial charge < -0.3 is 14.5 Å². The van der Waals surface area contributed by atoms with E-state index in [1.54, 1.807) is 25.1 Å². The molecule has 0 aromatic carbocycles. The van der Waals surface area contributed by atoms with Crippen LogP contribution in [0.5, 0.6) is 0 Å². The van der Waals surface area contributed by atoms with Crippen LogP contribution in [-0.2, 0) is 14.3 Å². The van der Waals surface area contributed by atoms with Crippen molar-refractivity contribution in [2.75, 3.05) is 20.2 Å². The first-order valence-corrected chi connectivity index (χ1v) is 6.57. The summed E-state index contributed by atoms with van der Waals surface area (Å²) in [6.07, 6.45) is 6.16. The predicted molar refractivity (Wildman–Crippen MR) is 81.9 cm³/mol. The van der Waals surface area contributed by atoms with Gasteiger partial charge in [-0.15, -0.1) is 24.0 Å². The summed E-state index contributed by atoms with van der Waals surface area (Å²) < 4.78 is 4.93. The van der Waals surface area contributed by atoms with Gasteiger partial charge in [0.2, 0.25) is 0 Å². The number of halogens is 1. The minimum absolute atomic E-state index is 0. The molecule has 0 spiro atoms. The molecule has 6 heteroatoms. The van der Waals surface area contributed by atoms with Crippen molar-refractivity contribution >= 4 is 35.9 Å². The summed E-state index contributed by atoms with van der Waals surface area (Å²) in [5.41, 5.74) is 0.150. The summed E-state index contributed by atoms with van der Waals surface area (Å²) >= 11 is 0. The zero-order valence-corrected chi connectivity index (χ0v) is 13.8. The summed E-state index contributed by atoms with van der Waals surface area (Å²) in [5.74, 6) is -0.742. The highest BCUT2D eigenvalue weighted by atomic mass is 127. The van der Waals surface area contributed by atoms with E-state index in [1.807, 2.05) is 0 Å². The van der Waals surface area contributed by atoms with Crippen LogP contribution in [0.2, 0.25) is 0 Å². The number of hydrogen-bond donors (Lipinski definition) is 0. The second-order valence-electron chi connectivity index (χ2n) is 4.75. The zero-order valence-electron chi connectivity index (χ0n) is 11.4. The van der Waals surface area contributed by atoms with E-state index in [9.17, 15) is 9.59 Å². The molecule has 2 rings (SSSR count). The Balaban J connectivity index is 0.00000180. The standard InChI is InChI=1S/C13H20N2O3.HI/c1-3-18-13(17)10-9-15-8-6-4-5-7-11(15)14(2)12(10)16;/h9,11H,3-8H2,1-2H3;1H. The van der Waals surface area contributed by atoms with Crippen molar-refractivity contribution in [3.8, 4) is 0 Å². The lowest BCUT2D eigenvalue weighted by Gasteiger charge is -2.40. The Morgan fingerprint density at radius 1 is 1.42 bits per heavy atom. The second-order valence-corrected chi connectivity index (χ2v) is 4.75. The van der Waals surface area contributed by atoms with Crippen LogP contribution in [0.1, 0.15) is 32.6 Å². The highest BCUT2D eigenvalue weighted by Crippen LogP contribution is 2.25. The molecule has 0 aromatic heterocycles. The lowest BCUT2D eigenvalue weighted by atomic mass is 10.1. The Kier molecular flexibility index (Phi) is 6.09. The first-order valence-electron chi connectivity index (χ1n) is 6.57. The molecular weight excluding hydrogens is 359 g/mol. The van der Waals surface area contributed by atoms with Crippen molar-refractivity contribution in [2.24, 2.45) is 0 Å². The van der Waals surface area contributed by atoms with Gasteiger partial charge in [0.15, 0.2) is 0 Å². The van der Waals surface area contributed by atoms with Gasteiger partial charge >= 0.3 is 5.97 Å². The molecule has 0 aliphatic carbocycles. The third-order valence-corrected chi connectivity index (χ3v) is 3.55. The van der Waals surface area contributed by atoms with Crippen LogP contribution in [0.3, 0.4) is 0 Å². The van der Waals surface area contributed by atoms with E-state index >= 15 is 0 Å². The molecule has 1 unspecified atom stereocenters. The van der Waals surface area contributed by atoms with Gasteiger partial charge in [-0.1, -0.05) is 6.42 Å². The molecule has 1 saturated heterocycles. The summed E-state index contributed by atoms with van der Waals surface area (Å²) in [7, 11) is 1.76. The number of carbonyl (C=O) groups is 2. The third kappa shape index (κ3) is 3.40. The molecule has 1 atom stereocenters. The van der Waals surface area contributed by atoms with Crippen molar-refractivity contribution in [1.82, 2.24) is 9.80 Å². The van der Waals surface area contributed by atoms with Gasteiger partial charge in [0, 0.05) is 19.8 Å². The van der Waals surface area contributed by atoms with Crippen LogP contribution in [0.15, 0.2) is 11.8 Å². The SMILES string of the molecule is CCOC(=O)C1=CN2CCCCCC2N(C)C1=O.I. The molecule has 0 bridgehead atoms. The molecular formula is C13H21IN2O3. The van der Waals surface area contributed by atoms with Crippen molar-refractivity contribution in [3.05, 3.63) is 11.8 Å². The second kappa shape index (κ2) is 7.12. The molecule has 19 heavy (non-hydrogen) atoms. The molecule has 5 nitrogen and oxygen atoms in total. The van der Waals surface area contributed by atoms with Crippen LogP contribution >= 0.6 is 24.0 Å². The fourth-order valence-electron chi connectivity index (χ4n) is 2.57. The average molecular weight is 380 g/mol. The molecule has 2 aliphatic heterocycles. The Labute approximate surface area is 131 Å². The number of hydrogen-bond acceptors (Lipinski definition) is 4. The number of rotatable bonds is 2. The Morgan fingerprint density at radius 3 is 2.84 bits per heavy atom. The van der Waals surface area contributed by atoms with Gasteiger partial charge in [-0.25, -0.2) is 4.79 Å². The van der Waals surface area contributed by atoms with E-state index in [1.165, 1.54) is 6.42 Å². The van der Waals surface area contributed by atoms with Crippen molar-refractivity contribution in [3.63, 3.8) is 0 Å². The van der Waals surface area contributed by atoms with Gasteiger partial charge in [0.05, 0.1) is 6.61 Å². The van der Waals surface area contributed by atoms with E-state index in [-0.39, 0.29) is 48.2 Å². The maximum atomic E-state index is 12.1. The van der Waals surface area contributed by atoms with Crippen molar-refractivity contribution in [1.29, 1.82) is 0 Å².